The van der Waals surface area contributed by atoms with Crippen LogP contribution in [-0.4, -0.2) is 110 Å². The molecule has 0 aliphatic carbocycles. The van der Waals surface area contributed by atoms with E-state index in [2.05, 4.69) is 41.1 Å². The molecule has 312 valence electrons. The second kappa shape index (κ2) is 15.0. The standard InChI is InChI=1S/C43H47N9O7S/c1-58-36-18-29(24-51-14-3-13-44-51)19-37-39(36)40(46-59-37)47-60(56,57)33-5-2-4-31(21-33)50-26-43(27-50)11-16-48(17-12-43)22-28-10-15-49(23-28)32-6-7-34-30(20-32)25-52(42(34)55)35-8-9-38(53)45-41(35)54/h2-7,13-14,18-21,28,35H,8-12,15-17,22-27H2,1H3,(H,46,47)(H,45,53,54)/t28-,35-/m0/s1. The summed E-state index contributed by atoms with van der Waals surface area (Å²) >= 11 is 0. The second-order valence-electron chi connectivity index (χ2n) is 17.0. The van der Waals surface area contributed by atoms with Crippen LogP contribution < -0.4 is 24.6 Å². The van der Waals surface area contributed by atoms with Crippen LogP contribution in [0, 0.1) is 11.3 Å². The largest absolute Gasteiger partial charge is 0.496 e. The van der Waals surface area contributed by atoms with E-state index in [0.717, 1.165) is 87.6 Å². The Morgan fingerprint density at radius 1 is 0.967 bits per heavy atom. The molecule has 17 heteroatoms. The van der Waals surface area contributed by atoms with Crippen LogP contribution in [0.5, 0.6) is 5.75 Å². The van der Waals surface area contributed by atoms with E-state index in [-0.39, 0.29) is 34.4 Å². The molecule has 2 atom stereocenters. The van der Waals surface area contributed by atoms with Gasteiger partial charge in [-0.1, -0.05) is 11.2 Å². The third-order valence-corrected chi connectivity index (χ3v) is 14.4. The van der Waals surface area contributed by atoms with Gasteiger partial charge in [-0.3, -0.25) is 29.1 Å². The zero-order chi connectivity index (χ0) is 41.2. The van der Waals surface area contributed by atoms with Gasteiger partial charge in [0.15, 0.2) is 11.4 Å². The Hall–Kier alpha value is -5.94. The van der Waals surface area contributed by atoms with Crippen molar-refractivity contribution in [1.29, 1.82) is 0 Å². The minimum Gasteiger partial charge on any atom is -0.496 e. The van der Waals surface area contributed by atoms with Crippen LogP contribution in [0.25, 0.3) is 11.0 Å². The zero-order valence-corrected chi connectivity index (χ0v) is 34.2. The number of carbonyl (C=O) groups excluding carboxylic acids is 3. The van der Waals surface area contributed by atoms with E-state index < -0.39 is 22.0 Å². The highest BCUT2D eigenvalue weighted by Gasteiger charge is 2.45. The van der Waals surface area contributed by atoms with Crippen LogP contribution in [0.1, 0.15) is 53.6 Å². The zero-order valence-electron chi connectivity index (χ0n) is 33.4. The smallest absolute Gasteiger partial charge is 0.263 e. The Balaban J connectivity index is 0.718. The van der Waals surface area contributed by atoms with Crippen LogP contribution >= 0.6 is 0 Å². The van der Waals surface area contributed by atoms with Crippen molar-refractivity contribution in [2.75, 3.05) is 67.4 Å². The van der Waals surface area contributed by atoms with Crippen LogP contribution in [0.3, 0.4) is 0 Å². The number of hydrogen-bond acceptors (Lipinski definition) is 12. The van der Waals surface area contributed by atoms with Crippen molar-refractivity contribution in [3.63, 3.8) is 0 Å². The number of piperidine rings is 2. The molecule has 7 heterocycles. The van der Waals surface area contributed by atoms with E-state index in [1.165, 1.54) is 7.11 Å². The molecule has 0 unspecified atom stereocenters. The first kappa shape index (κ1) is 38.3. The van der Waals surface area contributed by atoms with Gasteiger partial charge in [-0.2, -0.15) is 5.10 Å². The summed E-state index contributed by atoms with van der Waals surface area (Å²) in [6.07, 6.45) is 7.47. The van der Waals surface area contributed by atoms with Gasteiger partial charge in [0.25, 0.3) is 15.9 Å². The highest BCUT2D eigenvalue weighted by molar-refractivity contribution is 7.92. The highest BCUT2D eigenvalue weighted by Crippen LogP contribution is 2.44. The number of carbonyl (C=O) groups is 3. The van der Waals surface area contributed by atoms with Crippen LogP contribution in [-0.2, 0) is 32.7 Å². The number of anilines is 3. The molecule has 0 bridgehead atoms. The predicted molar refractivity (Wildman–Crippen MR) is 222 cm³/mol. The molecule has 5 aliphatic rings. The van der Waals surface area contributed by atoms with Gasteiger partial charge in [-0.05, 0) is 110 Å². The number of ether oxygens (including phenoxy) is 1. The summed E-state index contributed by atoms with van der Waals surface area (Å²) < 4.78 is 43.0. The third kappa shape index (κ3) is 7.12. The van der Waals surface area contributed by atoms with E-state index in [4.69, 9.17) is 9.26 Å². The van der Waals surface area contributed by atoms with Crippen molar-refractivity contribution in [2.24, 2.45) is 11.3 Å². The lowest BCUT2D eigenvalue weighted by Gasteiger charge is -2.55. The minimum atomic E-state index is -4.00. The molecule has 16 nitrogen and oxygen atoms in total. The number of methoxy groups -OCH3 is 1. The van der Waals surface area contributed by atoms with Gasteiger partial charge >= 0.3 is 0 Å². The average Bonchev–Trinajstić information content (AvgIpc) is 4.06. The SMILES string of the molecule is COc1cc(Cn2cccn2)cc2onc(NS(=O)(=O)c3cccc(N4CC5(CCN(C[C@@H]6CCN(c7ccc8c(c7)CN([C@H]7CCC(=O)NC7=O)C8=O)C6)CC5)C4)c3)c12. The first-order chi connectivity index (χ1) is 29.0. The molecule has 10 rings (SSSR count). The average molecular weight is 834 g/mol. The Kier molecular flexibility index (Phi) is 9.54. The first-order valence-electron chi connectivity index (χ1n) is 20.6. The van der Waals surface area contributed by atoms with Crippen molar-refractivity contribution >= 4 is 55.9 Å². The molecule has 2 aromatic heterocycles. The fraction of sp³-hybridized carbons (Fsp3) is 0.419. The second-order valence-corrected chi connectivity index (χ2v) is 18.7. The number of hydrogen-bond donors (Lipinski definition) is 2. The number of aromatic nitrogens is 3. The maximum atomic E-state index is 13.7. The number of nitrogens with one attached hydrogen (secondary N) is 2. The van der Waals surface area contributed by atoms with Crippen LogP contribution in [0.15, 0.2) is 82.5 Å². The number of imide groups is 1. The number of benzene rings is 3. The molecule has 3 aromatic carbocycles. The fourth-order valence-corrected chi connectivity index (χ4v) is 10.9. The van der Waals surface area contributed by atoms with Crippen LogP contribution in [0.4, 0.5) is 17.2 Å². The van der Waals surface area contributed by atoms with Crippen molar-refractivity contribution in [1.82, 2.24) is 30.1 Å². The molecule has 4 fully saturated rings. The molecule has 5 aliphatic heterocycles. The summed E-state index contributed by atoms with van der Waals surface area (Å²) in [7, 11) is -2.47. The molecule has 2 N–H and O–H groups in total. The lowest BCUT2D eigenvalue weighted by atomic mass is 9.71. The van der Waals surface area contributed by atoms with Gasteiger partial charge < -0.3 is 28.9 Å². The number of likely N-dealkylation sites (tertiary alicyclic amines) is 1. The van der Waals surface area contributed by atoms with E-state index in [1.807, 2.05) is 42.6 Å². The molecular formula is C43H47N9O7S. The predicted octanol–water partition coefficient (Wildman–Crippen LogP) is 4.07. The summed E-state index contributed by atoms with van der Waals surface area (Å²) in [4.78, 5) is 46.4. The van der Waals surface area contributed by atoms with Gasteiger partial charge in [0.2, 0.25) is 11.8 Å². The minimum absolute atomic E-state index is 0.0684. The van der Waals surface area contributed by atoms with Gasteiger partial charge in [-0.15, -0.1) is 0 Å². The van der Waals surface area contributed by atoms with Gasteiger partial charge in [0.1, 0.15) is 17.2 Å². The summed E-state index contributed by atoms with van der Waals surface area (Å²) in [6.45, 7) is 7.71. The quantitative estimate of drug-likeness (QED) is 0.183. The molecule has 4 saturated heterocycles. The molecule has 5 aromatic rings. The maximum Gasteiger partial charge on any atom is 0.263 e. The summed E-state index contributed by atoms with van der Waals surface area (Å²) in [5, 5.41) is 11.1. The molecule has 0 radical (unpaired) electrons. The van der Waals surface area contributed by atoms with Crippen molar-refractivity contribution < 1.29 is 32.1 Å². The van der Waals surface area contributed by atoms with Crippen LogP contribution in [0.2, 0.25) is 0 Å². The number of sulfonamides is 1. The summed E-state index contributed by atoms with van der Waals surface area (Å²) in [5.41, 5.74) is 5.06. The topological polar surface area (TPSA) is 175 Å². The highest BCUT2D eigenvalue weighted by atomic mass is 32.2. The van der Waals surface area contributed by atoms with Gasteiger partial charge in [0, 0.05) is 80.4 Å². The Labute approximate surface area is 347 Å². The lowest BCUT2D eigenvalue weighted by molar-refractivity contribution is -0.136. The molecule has 0 saturated carbocycles. The monoisotopic (exact) mass is 833 g/mol. The summed E-state index contributed by atoms with van der Waals surface area (Å²) in [5.74, 6) is 0.242. The fourth-order valence-electron chi connectivity index (χ4n) is 9.84. The molecule has 3 amide bonds. The maximum absolute atomic E-state index is 13.7. The number of rotatable bonds is 11. The number of nitrogens with zero attached hydrogens (tertiary/aromatic N) is 7. The van der Waals surface area contributed by atoms with Gasteiger partial charge in [0.05, 0.1) is 18.6 Å². The van der Waals surface area contributed by atoms with Crippen molar-refractivity contribution in [3.8, 4) is 5.75 Å². The van der Waals surface area contributed by atoms with E-state index in [1.54, 1.807) is 34.0 Å². The molecular weight excluding hydrogens is 787 g/mol. The summed E-state index contributed by atoms with van der Waals surface area (Å²) in [6, 6.07) is 18.0. The number of fused-ring (bicyclic) bond motifs is 2. The van der Waals surface area contributed by atoms with E-state index in [9.17, 15) is 22.8 Å². The Morgan fingerprint density at radius 2 is 1.80 bits per heavy atom. The Bertz CT molecular complexity index is 2600. The lowest BCUT2D eigenvalue weighted by Crippen LogP contribution is -2.60. The van der Waals surface area contributed by atoms with Gasteiger partial charge in [-0.25, -0.2) is 8.42 Å². The molecule has 1 spiro atoms. The first-order valence-corrected chi connectivity index (χ1v) is 22.1. The normalized spacial score (nSPS) is 21.8. The van der Waals surface area contributed by atoms with Crippen molar-refractivity contribution in [3.05, 3.63) is 89.7 Å². The Morgan fingerprint density at radius 3 is 2.58 bits per heavy atom. The van der Waals surface area contributed by atoms with Crippen molar-refractivity contribution in [2.45, 2.75) is 56.1 Å². The number of amides is 3. The van der Waals surface area contributed by atoms with E-state index >= 15 is 0 Å². The van der Waals surface area contributed by atoms with E-state index in [0.29, 0.717) is 47.7 Å². The molecule has 60 heavy (non-hydrogen) atoms. The third-order valence-electron chi connectivity index (χ3n) is 13.1.